The van der Waals surface area contributed by atoms with Crippen molar-refractivity contribution in [3.8, 4) is 6.07 Å². The minimum absolute atomic E-state index is 0.114. The van der Waals surface area contributed by atoms with Crippen molar-refractivity contribution >= 4 is 17.6 Å². The lowest BCUT2D eigenvalue weighted by Gasteiger charge is -2.12. The second-order valence-corrected chi connectivity index (χ2v) is 6.18. The molecule has 0 fully saturated rings. The second kappa shape index (κ2) is 7.92. The lowest BCUT2D eigenvalue weighted by atomic mass is 10.2. The number of benzene rings is 1. The molecule has 0 atom stereocenters. The van der Waals surface area contributed by atoms with Gasteiger partial charge in [-0.05, 0) is 31.9 Å². The minimum atomic E-state index is -0.783. The number of fused-ring (bicyclic) bond motifs is 1. The fourth-order valence-corrected chi connectivity index (χ4v) is 3.20. The quantitative estimate of drug-likeness (QED) is 0.757. The topological polar surface area (TPSA) is 123 Å². The van der Waals surface area contributed by atoms with E-state index >= 15 is 0 Å². The Balaban J connectivity index is 1.90. The van der Waals surface area contributed by atoms with Crippen molar-refractivity contribution in [3.63, 3.8) is 0 Å². The molecule has 144 valence electrons. The number of nitrogens with one attached hydrogen (secondary N) is 1. The number of nitriles is 1. The molecule has 0 unspecified atom stereocenters. The van der Waals surface area contributed by atoms with Crippen LogP contribution in [0.2, 0.25) is 0 Å². The number of ether oxygens (including phenoxy) is 1. The van der Waals surface area contributed by atoms with Crippen molar-refractivity contribution in [1.29, 1.82) is 5.26 Å². The van der Waals surface area contributed by atoms with Gasteiger partial charge in [-0.1, -0.05) is 12.1 Å². The summed E-state index contributed by atoms with van der Waals surface area (Å²) in [5.41, 5.74) is -0.729. The first-order valence-electron chi connectivity index (χ1n) is 8.80. The predicted octanol–water partition coefficient (Wildman–Crippen LogP) is 0.643. The van der Waals surface area contributed by atoms with Crippen LogP contribution in [0.5, 0.6) is 0 Å². The first-order chi connectivity index (χ1) is 13.5. The Morgan fingerprint density at radius 3 is 2.75 bits per heavy atom. The number of amides is 1. The summed E-state index contributed by atoms with van der Waals surface area (Å²) in [6.45, 7) is 1.68. The number of carbonyl (C=O) groups excluding carboxylic acids is 2. The zero-order valence-corrected chi connectivity index (χ0v) is 15.2. The monoisotopic (exact) mass is 382 g/mol. The standard InChI is InChI=1S/C19H18N4O5/c1-2-28-18(26)12-6-3-4-7-14(12)21-16(24)11-23-17(25)13(10-20)15-8-5-9-22(15)19(23)27/h3-4,6-7H,2,5,8-9,11H2,1H3,(H,21,24). The van der Waals surface area contributed by atoms with Gasteiger partial charge in [0.05, 0.1) is 17.9 Å². The smallest absolute Gasteiger partial charge is 0.340 e. The Hall–Kier alpha value is -3.67. The molecule has 2 aromatic rings. The molecule has 1 amide bonds. The van der Waals surface area contributed by atoms with Crippen LogP contribution in [0, 0.1) is 11.3 Å². The van der Waals surface area contributed by atoms with E-state index < -0.39 is 29.7 Å². The van der Waals surface area contributed by atoms with Gasteiger partial charge in [0.15, 0.2) is 0 Å². The first kappa shape index (κ1) is 19.1. The number of rotatable bonds is 5. The van der Waals surface area contributed by atoms with Crippen molar-refractivity contribution in [3.05, 3.63) is 61.9 Å². The molecule has 1 aliphatic rings. The van der Waals surface area contributed by atoms with Crippen LogP contribution in [0.25, 0.3) is 0 Å². The van der Waals surface area contributed by atoms with Gasteiger partial charge in [-0.25, -0.2) is 14.2 Å². The van der Waals surface area contributed by atoms with E-state index in [1.807, 2.05) is 6.07 Å². The molecule has 3 rings (SSSR count). The van der Waals surface area contributed by atoms with Gasteiger partial charge in [0, 0.05) is 12.2 Å². The number of anilines is 1. The van der Waals surface area contributed by atoms with E-state index in [0.29, 0.717) is 25.1 Å². The molecule has 0 saturated carbocycles. The van der Waals surface area contributed by atoms with Gasteiger partial charge in [0.1, 0.15) is 18.2 Å². The number of hydrogen-bond acceptors (Lipinski definition) is 6. The van der Waals surface area contributed by atoms with E-state index in [0.717, 1.165) is 4.57 Å². The van der Waals surface area contributed by atoms with Gasteiger partial charge in [0.2, 0.25) is 5.91 Å². The van der Waals surface area contributed by atoms with Crippen LogP contribution in [0.1, 0.15) is 35.0 Å². The van der Waals surface area contributed by atoms with Crippen LogP contribution in [0.15, 0.2) is 33.9 Å². The zero-order chi connectivity index (χ0) is 20.3. The third-order valence-corrected chi connectivity index (χ3v) is 4.44. The Bertz CT molecular complexity index is 1110. The molecule has 0 aliphatic carbocycles. The maximum Gasteiger partial charge on any atom is 0.340 e. The van der Waals surface area contributed by atoms with E-state index in [2.05, 4.69) is 5.32 Å². The lowest BCUT2D eigenvalue weighted by molar-refractivity contribution is -0.116. The number of aromatic nitrogens is 2. The SMILES string of the molecule is CCOC(=O)c1ccccc1NC(=O)Cn1c(=O)c(C#N)c2n(c1=O)CCC2. The fourth-order valence-electron chi connectivity index (χ4n) is 3.20. The molecular weight excluding hydrogens is 364 g/mol. The highest BCUT2D eigenvalue weighted by atomic mass is 16.5. The Morgan fingerprint density at radius 1 is 1.29 bits per heavy atom. The zero-order valence-electron chi connectivity index (χ0n) is 15.2. The third kappa shape index (κ3) is 3.44. The Labute approximate surface area is 159 Å². The summed E-state index contributed by atoms with van der Waals surface area (Å²) >= 11 is 0. The largest absolute Gasteiger partial charge is 0.462 e. The van der Waals surface area contributed by atoms with Crippen LogP contribution in [0.3, 0.4) is 0 Å². The summed E-state index contributed by atoms with van der Waals surface area (Å²) in [6.07, 6.45) is 1.14. The number of carbonyl (C=O) groups is 2. The summed E-state index contributed by atoms with van der Waals surface area (Å²) in [7, 11) is 0. The van der Waals surface area contributed by atoms with Gasteiger partial charge >= 0.3 is 11.7 Å². The summed E-state index contributed by atoms with van der Waals surface area (Å²) in [5.74, 6) is -1.27. The molecule has 28 heavy (non-hydrogen) atoms. The summed E-state index contributed by atoms with van der Waals surface area (Å²) < 4.78 is 7.06. The molecule has 1 aliphatic heterocycles. The van der Waals surface area contributed by atoms with Gasteiger partial charge in [-0.3, -0.25) is 14.2 Å². The van der Waals surface area contributed by atoms with E-state index in [9.17, 15) is 24.4 Å². The molecular formula is C19H18N4O5. The average molecular weight is 382 g/mol. The number of esters is 1. The first-order valence-corrected chi connectivity index (χ1v) is 8.80. The van der Waals surface area contributed by atoms with E-state index in [1.54, 1.807) is 19.1 Å². The van der Waals surface area contributed by atoms with Gasteiger partial charge < -0.3 is 10.1 Å². The van der Waals surface area contributed by atoms with Gasteiger partial charge in [-0.15, -0.1) is 0 Å². The highest BCUT2D eigenvalue weighted by Crippen LogP contribution is 2.16. The Kier molecular flexibility index (Phi) is 5.40. The molecule has 9 nitrogen and oxygen atoms in total. The molecule has 0 spiro atoms. The van der Waals surface area contributed by atoms with Crippen LogP contribution in [0.4, 0.5) is 5.69 Å². The molecule has 1 aromatic heterocycles. The van der Waals surface area contributed by atoms with Crippen molar-refractivity contribution in [2.75, 3.05) is 11.9 Å². The molecule has 1 aromatic carbocycles. The van der Waals surface area contributed by atoms with Crippen LogP contribution in [-0.4, -0.2) is 27.6 Å². The summed E-state index contributed by atoms with van der Waals surface area (Å²) in [5, 5.41) is 11.8. The molecule has 1 N–H and O–H groups in total. The van der Waals surface area contributed by atoms with Crippen LogP contribution >= 0.6 is 0 Å². The van der Waals surface area contributed by atoms with Crippen molar-refractivity contribution < 1.29 is 14.3 Å². The van der Waals surface area contributed by atoms with Crippen molar-refractivity contribution in [2.24, 2.45) is 0 Å². The van der Waals surface area contributed by atoms with E-state index in [1.165, 1.54) is 16.7 Å². The summed E-state index contributed by atoms with van der Waals surface area (Å²) in [4.78, 5) is 49.5. The van der Waals surface area contributed by atoms with Crippen molar-refractivity contribution in [1.82, 2.24) is 9.13 Å². The van der Waals surface area contributed by atoms with Crippen molar-refractivity contribution in [2.45, 2.75) is 32.9 Å². The summed E-state index contributed by atoms with van der Waals surface area (Å²) in [6, 6.07) is 8.10. The fraction of sp³-hybridized carbons (Fsp3) is 0.316. The highest BCUT2D eigenvalue weighted by molar-refractivity contribution is 6.01. The molecule has 0 saturated heterocycles. The predicted molar refractivity (Wildman–Crippen MR) is 99.0 cm³/mol. The lowest BCUT2D eigenvalue weighted by Crippen LogP contribution is -2.44. The Morgan fingerprint density at radius 2 is 2.04 bits per heavy atom. The van der Waals surface area contributed by atoms with Gasteiger partial charge in [-0.2, -0.15) is 5.26 Å². The maximum absolute atomic E-state index is 12.6. The number of para-hydroxylation sites is 1. The van der Waals surface area contributed by atoms with E-state index in [-0.39, 0.29) is 23.4 Å². The molecule has 2 heterocycles. The number of hydrogen-bond donors (Lipinski definition) is 1. The van der Waals surface area contributed by atoms with Crippen LogP contribution in [-0.2, 0) is 29.0 Å². The van der Waals surface area contributed by atoms with Gasteiger partial charge in [0.25, 0.3) is 5.56 Å². The third-order valence-electron chi connectivity index (χ3n) is 4.44. The number of nitrogens with zero attached hydrogens (tertiary/aromatic N) is 3. The normalized spacial score (nSPS) is 12.1. The second-order valence-electron chi connectivity index (χ2n) is 6.18. The molecule has 0 bridgehead atoms. The average Bonchev–Trinajstić information content (AvgIpc) is 3.16. The molecule has 0 radical (unpaired) electrons. The molecule has 9 heteroatoms. The minimum Gasteiger partial charge on any atom is -0.462 e. The van der Waals surface area contributed by atoms with Crippen LogP contribution < -0.4 is 16.6 Å². The maximum atomic E-state index is 12.6. The highest BCUT2D eigenvalue weighted by Gasteiger charge is 2.24. The van der Waals surface area contributed by atoms with E-state index in [4.69, 9.17) is 4.74 Å².